The topological polar surface area (TPSA) is 51.1 Å². The average molecular weight is 370 g/mol. The smallest absolute Gasteiger partial charge is 0.354 e. The number of alkyl halides is 3. The number of nitrogens with one attached hydrogen (secondary N) is 1. The Kier molecular flexibility index (Phi) is 6.69. The normalized spacial score (nSPS) is 11.3. The average Bonchev–Trinajstić information content (AvgIpc) is 2.56. The maximum Gasteiger partial charge on any atom is 0.417 e. The highest BCUT2D eigenvalue weighted by atomic mass is 32.2. The van der Waals surface area contributed by atoms with Crippen LogP contribution in [-0.2, 0) is 23.3 Å². The van der Waals surface area contributed by atoms with Crippen molar-refractivity contribution in [2.24, 2.45) is 0 Å². The molecular weight excluding hydrogens is 353 g/mol. The Morgan fingerprint density at radius 1 is 1.12 bits per heavy atom. The van der Waals surface area contributed by atoms with Crippen LogP contribution in [0, 0.1) is 0 Å². The molecule has 0 atom stereocenters. The largest absolute Gasteiger partial charge is 0.417 e. The van der Waals surface area contributed by atoms with Crippen molar-refractivity contribution in [3.05, 3.63) is 70.1 Å². The molecule has 0 radical (unpaired) electrons. The fourth-order valence-corrected chi connectivity index (χ4v) is 2.88. The lowest BCUT2D eigenvalue weighted by atomic mass is 10.2. The molecule has 0 aliphatic carbocycles. The Bertz CT molecular complexity index is 760. The zero-order valence-electron chi connectivity index (χ0n) is 13.3. The number of pyridine rings is 1. The fraction of sp³-hybridized carbons (Fsp3) is 0.294. The minimum absolute atomic E-state index is 0.379. The van der Waals surface area contributed by atoms with Gasteiger partial charge in [0.2, 0.25) is 5.91 Å². The van der Waals surface area contributed by atoms with Gasteiger partial charge in [-0.3, -0.25) is 9.59 Å². The van der Waals surface area contributed by atoms with Gasteiger partial charge >= 0.3 is 6.18 Å². The summed E-state index contributed by atoms with van der Waals surface area (Å²) in [4.78, 5) is 23.4. The van der Waals surface area contributed by atoms with Crippen LogP contribution in [0.5, 0.6) is 0 Å². The van der Waals surface area contributed by atoms with E-state index in [0.29, 0.717) is 24.6 Å². The Morgan fingerprint density at radius 2 is 1.84 bits per heavy atom. The van der Waals surface area contributed by atoms with E-state index in [-0.39, 0.29) is 0 Å². The van der Waals surface area contributed by atoms with Crippen LogP contribution in [0.2, 0.25) is 0 Å². The van der Waals surface area contributed by atoms with Gasteiger partial charge in [0, 0.05) is 30.3 Å². The number of halogens is 3. The Hall–Kier alpha value is -2.22. The number of thioether (sulfide) groups is 1. The van der Waals surface area contributed by atoms with E-state index in [1.54, 1.807) is 11.8 Å². The van der Waals surface area contributed by atoms with E-state index in [2.05, 4.69) is 5.32 Å². The summed E-state index contributed by atoms with van der Waals surface area (Å²) in [5.74, 6) is 0.976. The molecule has 4 nitrogen and oxygen atoms in total. The van der Waals surface area contributed by atoms with Gasteiger partial charge in [-0.1, -0.05) is 30.3 Å². The molecular formula is C17H17F3N2O2S. The summed E-state index contributed by atoms with van der Waals surface area (Å²) in [7, 11) is 0. The monoisotopic (exact) mass is 370 g/mol. The lowest BCUT2D eigenvalue weighted by Gasteiger charge is -2.11. The summed E-state index contributed by atoms with van der Waals surface area (Å²) in [6, 6.07) is 11.4. The van der Waals surface area contributed by atoms with E-state index in [1.165, 1.54) is 5.56 Å². The lowest BCUT2D eigenvalue weighted by Crippen LogP contribution is -2.33. The molecule has 0 fully saturated rings. The summed E-state index contributed by atoms with van der Waals surface area (Å²) in [5, 5.41) is 2.60. The third-order valence-electron chi connectivity index (χ3n) is 3.30. The van der Waals surface area contributed by atoms with Gasteiger partial charge in [-0.2, -0.15) is 24.9 Å². The van der Waals surface area contributed by atoms with Crippen molar-refractivity contribution in [2.75, 3.05) is 12.3 Å². The van der Waals surface area contributed by atoms with Gasteiger partial charge in [-0.05, 0) is 11.6 Å². The van der Waals surface area contributed by atoms with Crippen LogP contribution in [-0.4, -0.2) is 22.8 Å². The summed E-state index contributed by atoms with van der Waals surface area (Å²) in [6.45, 7) is -0.0594. The first-order valence-corrected chi connectivity index (χ1v) is 8.68. The van der Waals surface area contributed by atoms with Crippen LogP contribution in [0.25, 0.3) is 0 Å². The molecule has 1 aromatic heterocycles. The molecule has 8 heteroatoms. The maximum absolute atomic E-state index is 12.6. The molecule has 25 heavy (non-hydrogen) atoms. The Labute approximate surface area is 147 Å². The number of nitrogens with zero attached hydrogens (tertiary/aromatic N) is 1. The molecule has 134 valence electrons. The molecule has 0 saturated heterocycles. The van der Waals surface area contributed by atoms with Gasteiger partial charge in [0.1, 0.15) is 6.54 Å². The van der Waals surface area contributed by atoms with Gasteiger partial charge in [0.25, 0.3) is 5.56 Å². The Morgan fingerprint density at radius 3 is 2.52 bits per heavy atom. The third-order valence-corrected chi connectivity index (χ3v) is 4.34. The highest BCUT2D eigenvalue weighted by Gasteiger charge is 2.31. The van der Waals surface area contributed by atoms with Crippen LogP contribution in [0.15, 0.2) is 53.5 Å². The van der Waals surface area contributed by atoms with Crippen molar-refractivity contribution in [1.82, 2.24) is 9.88 Å². The highest BCUT2D eigenvalue weighted by molar-refractivity contribution is 7.98. The summed E-state index contributed by atoms with van der Waals surface area (Å²) >= 11 is 1.63. The number of hydrogen-bond acceptors (Lipinski definition) is 3. The van der Waals surface area contributed by atoms with E-state index in [0.717, 1.165) is 16.4 Å². The molecule has 1 aromatic carbocycles. The lowest BCUT2D eigenvalue weighted by molar-refractivity contribution is -0.138. The van der Waals surface area contributed by atoms with Gasteiger partial charge in [-0.25, -0.2) is 0 Å². The first kappa shape index (κ1) is 19.1. The molecule has 1 amide bonds. The number of aromatic nitrogens is 1. The van der Waals surface area contributed by atoms with Crippen LogP contribution < -0.4 is 10.9 Å². The molecule has 1 N–H and O–H groups in total. The number of amides is 1. The van der Waals surface area contributed by atoms with Crippen molar-refractivity contribution in [3.63, 3.8) is 0 Å². The predicted molar refractivity (Wildman–Crippen MR) is 91.3 cm³/mol. The van der Waals surface area contributed by atoms with Crippen LogP contribution in [0.1, 0.15) is 11.1 Å². The van der Waals surface area contributed by atoms with Crippen molar-refractivity contribution in [3.8, 4) is 0 Å². The first-order chi connectivity index (χ1) is 11.9. The van der Waals surface area contributed by atoms with E-state index in [4.69, 9.17) is 0 Å². The van der Waals surface area contributed by atoms with E-state index >= 15 is 0 Å². The van der Waals surface area contributed by atoms with Crippen LogP contribution >= 0.6 is 11.8 Å². The summed E-state index contributed by atoms with van der Waals surface area (Å²) in [6.07, 6.45) is -3.90. The predicted octanol–water partition coefficient (Wildman–Crippen LogP) is 2.92. The zero-order valence-corrected chi connectivity index (χ0v) is 14.1. The fourth-order valence-electron chi connectivity index (χ4n) is 2.06. The highest BCUT2D eigenvalue weighted by Crippen LogP contribution is 2.27. The maximum atomic E-state index is 12.6. The molecule has 1 heterocycles. The minimum Gasteiger partial charge on any atom is -0.354 e. The van der Waals surface area contributed by atoms with Crippen molar-refractivity contribution in [1.29, 1.82) is 0 Å². The van der Waals surface area contributed by atoms with Gasteiger partial charge in [0.15, 0.2) is 0 Å². The first-order valence-electron chi connectivity index (χ1n) is 7.52. The summed E-state index contributed by atoms with van der Waals surface area (Å²) in [5.41, 5.74) is -0.436. The molecule has 0 aliphatic heterocycles. The van der Waals surface area contributed by atoms with E-state index in [9.17, 15) is 22.8 Å². The van der Waals surface area contributed by atoms with Crippen molar-refractivity contribution < 1.29 is 18.0 Å². The second-order valence-corrected chi connectivity index (χ2v) is 6.37. The van der Waals surface area contributed by atoms with E-state index < -0.39 is 29.8 Å². The number of rotatable bonds is 7. The molecule has 2 aromatic rings. The SMILES string of the molecule is O=C(Cn1cc(C(F)(F)F)ccc1=O)NCCSCc1ccccc1. The van der Waals surface area contributed by atoms with Crippen molar-refractivity contribution >= 4 is 17.7 Å². The quantitative estimate of drug-likeness (QED) is 0.763. The molecule has 0 unspecified atom stereocenters. The van der Waals surface area contributed by atoms with Crippen molar-refractivity contribution in [2.45, 2.75) is 18.5 Å². The van der Waals surface area contributed by atoms with Gasteiger partial charge in [-0.15, -0.1) is 0 Å². The van der Waals surface area contributed by atoms with Crippen LogP contribution in [0.3, 0.4) is 0 Å². The number of carbonyl (C=O) groups excluding carboxylic acids is 1. The molecule has 2 rings (SSSR count). The number of carbonyl (C=O) groups is 1. The molecule has 0 spiro atoms. The van der Waals surface area contributed by atoms with Crippen LogP contribution in [0.4, 0.5) is 13.2 Å². The van der Waals surface area contributed by atoms with E-state index in [1.807, 2.05) is 30.3 Å². The standard InChI is InChI=1S/C17H17F3N2O2S/c18-17(19,20)14-6-7-16(24)22(10-14)11-15(23)21-8-9-25-12-13-4-2-1-3-5-13/h1-7,10H,8-9,11-12H2,(H,21,23). The zero-order chi connectivity index (χ0) is 18.3. The second-order valence-electron chi connectivity index (χ2n) is 5.27. The number of hydrogen-bond donors (Lipinski definition) is 1. The van der Waals surface area contributed by atoms with Gasteiger partial charge < -0.3 is 9.88 Å². The Balaban J connectivity index is 1.78. The number of benzene rings is 1. The second kappa shape index (κ2) is 8.75. The minimum atomic E-state index is -4.56. The molecule has 0 aliphatic rings. The third kappa shape index (κ3) is 6.30. The molecule has 0 saturated carbocycles. The summed E-state index contributed by atoms with van der Waals surface area (Å²) < 4.78 is 38.7. The van der Waals surface area contributed by atoms with Gasteiger partial charge in [0.05, 0.1) is 5.56 Å². The molecule has 0 bridgehead atoms.